The van der Waals surface area contributed by atoms with E-state index in [0.29, 0.717) is 0 Å². The molecule has 0 aromatic carbocycles. The van der Waals surface area contributed by atoms with Gasteiger partial charge in [-0.25, -0.2) is 4.98 Å². The predicted octanol–water partition coefficient (Wildman–Crippen LogP) is 2.72. The fraction of sp³-hybridized carbons (Fsp3) is 0.818. The van der Waals surface area contributed by atoms with Crippen LogP contribution in [0.1, 0.15) is 32.5 Å². The molecular formula is C11H19N3S. The van der Waals surface area contributed by atoms with Crippen LogP contribution in [0.5, 0.6) is 0 Å². The molecule has 1 saturated heterocycles. The maximum Gasteiger partial charge on any atom is 0.205 e. The van der Waals surface area contributed by atoms with E-state index >= 15 is 0 Å². The standard InChI is InChI=1S/C11H19N3S/c1-8(2)10-4-6-14(7-5-10)11-12-9(3)13-15-11/h8,10H,4-7H2,1-3H3. The zero-order valence-electron chi connectivity index (χ0n) is 9.73. The van der Waals surface area contributed by atoms with Gasteiger partial charge in [-0.05, 0) is 31.6 Å². The number of hydrogen-bond donors (Lipinski definition) is 0. The number of nitrogens with zero attached hydrogens (tertiary/aromatic N) is 3. The summed E-state index contributed by atoms with van der Waals surface area (Å²) >= 11 is 1.53. The molecule has 0 aliphatic carbocycles. The molecule has 2 rings (SSSR count). The molecule has 3 nitrogen and oxygen atoms in total. The highest BCUT2D eigenvalue weighted by atomic mass is 32.1. The van der Waals surface area contributed by atoms with E-state index in [1.807, 2.05) is 6.92 Å². The van der Waals surface area contributed by atoms with Gasteiger partial charge >= 0.3 is 0 Å². The van der Waals surface area contributed by atoms with Crippen molar-refractivity contribution in [2.45, 2.75) is 33.6 Å². The van der Waals surface area contributed by atoms with Crippen LogP contribution in [0.25, 0.3) is 0 Å². The Morgan fingerprint density at radius 3 is 2.47 bits per heavy atom. The van der Waals surface area contributed by atoms with Gasteiger partial charge in [-0.1, -0.05) is 13.8 Å². The minimum absolute atomic E-state index is 0.823. The fourth-order valence-electron chi connectivity index (χ4n) is 2.17. The van der Waals surface area contributed by atoms with Gasteiger partial charge in [0.05, 0.1) is 0 Å². The zero-order valence-corrected chi connectivity index (χ0v) is 10.5. The van der Waals surface area contributed by atoms with E-state index in [-0.39, 0.29) is 0 Å². The fourth-order valence-corrected chi connectivity index (χ4v) is 2.90. The third kappa shape index (κ3) is 2.48. The van der Waals surface area contributed by atoms with Gasteiger partial charge in [0.25, 0.3) is 0 Å². The van der Waals surface area contributed by atoms with Gasteiger partial charge in [-0.3, -0.25) is 0 Å². The number of aryl methyl sites for hydroxylation is 1. The van der Waals surface area contributed by atoms with Crippen LogP contribution >= 0.6 is 11.5 Å². The lowest BCUT2D eigenvalue weighted by Gasteiger charge is -2.33. The summed E-state index contributed by atoms with van der Waals surface area (Å²) in [5.41, 5.74) is 0. The first-order chi connectivity index (χ1) is 7.16. The maximum absolute atomic E-state index is 4.44. The topological polar surface area (TPSA) is 29.0 Å². The Hall–Kier alpha value is -0.640. The number of rotatable bonds is 2. The second-order valence-corrected chi connectivity index (χ2v) is 5.42. The monoisotopic (exact) mass is 225 g/mol. The Balaban J connectivity index is 1.93. The van der Waals surface area contributed by atoms with Crippen molar-refractivity contribution in [2.24, 2.45) is 11.8 Å². The van der Waals surface area contributed by atoms with Gasteiger partial charge in [0.2, 0.25) is 5.13 Å². The normalized spacial score (nSPS) is 18.8. The number of aromatic nitrogens is 2. The van der Waals surface area contributed by atoms with E-state index in [2.05, 4.69) is 28.1 Å². The molecule has 0 amide bonds. The average molecular weight is 225 g/mol. The van der Waals surface area contributed by atoms with Gasteiger partial charge in [-0.15, -0.1) is 0 Å². The minimum Gasteiger partial charge on any atom is -0.347 e. The minimum atomic E-state index is 0.823. The SMILES string of the molecule is Cc1nsc(N2CCC(C(C)C)CC2)n1. The molecule has 1 aromatic rings. The molecule has 1 aliphatic rings. The largest absolute Gasteiger partial charge is 0.347 e. The van der Waals surface area contributed by atoms with Crippen molar-refractivity contribution in [2.75, 3.05) is 18.0 Å². The second-order valence-electron chi connectivity index (χ2n) is 4.69. The molecule has 1 fully saturated rings. The molecule has 1 aromatic heterocycles. The highest BCUT2D eigenvalue weighted by Gasteiger charge is 2.23. The molecule has 84 valence electrons. The Morgan fingerprint density at radius 1 is 1.33 bits per heavy atom. The Bertz CT molecular complexity index is 313. The lowest BCUT2D eigenvalue weighted by Crippen LogP contribution is -2.35. The van der Waals surface area contributed by atoms with Gasteiger partial charge < -0.3 is 4.90 Å². The van der Waals surface area contributed by atoms with Crippen molar-refractivity contribution in [3.63, 3.8) is 0 Å². The molecule has 1 aliphatic heterocycles. The van der Waals surface area contributed by atoms with Crippen LogP contribution in [0.2, 0.25) is 0 Å². The van der Waals surface area contributed by atoms with Crippen molar-refractivity contribution in [1.29, 1.82) is 0 Å². The van der Waals surface area contributed by atoms with Gasteiger partial charge in [-0.2, -0.15) is 4.37 Å². The molecule has 2 heterocycles. The first-order valence-corrected chi connectivity index (χ1v) is 6.49. The van der Waals surface area contributed by atoms with E-state index in [0.717, 1.165) is 35.9 Å². The Kier molecular flexibility index (Phi) is 3.24. The van der Waals surface area contributed by atoms with Crippen LogP contribution in [0.15, 0.2) is 0 Å². The molecule has 0 N–H and O–H groups in total. The molecule has 0 unspecified atom stereocenters. The van der Waals surface area contributed by atoms with Gasteiger partial charge in [0.1, 0.15) is 5.82 Å². The smallest absolute Gasteiger partial charge is 0.205 e. The summed E-state index contributed by atoms with van der Waals surface area (Å²) in [6.45, 7) is 8.92. The highest BCUT2D eigenvalue weighted by Crippen LogP contribution is 2.28. The molecule has 0 spiro atoms. The third-order valence-electron chi connectivity index (χ3n) is 3.27. The molecular weight excluding hydrogens is 206 g/mol. The summed E-state index contributed by atoms with van der Waals surface area (Å²) < 4.78 is 4.23. The first kappa shape index (κ1) is 10.9. The maximum atomic E-state index is 4.44. The first-order valence-electron chi connectivity index (χ1n) is 5.72. The summed E-state index contributed by atoms with van der Waals surface area (Å²) in [4.78, 5) is 6.82. The van der Waals surface area contributed by atoms with Gasteiger partial charge in [0, 0.05) is 24.6 Å². The molecule has 15 heavy (non-hydrogen) atoms. The summed E-state index contributed by atoms with van der Waals surface area (Å²) in [7, 11) is 0. The quantitative estimate of drug-likeness (QED) is 0.775. The number of hydrogen-bond acceptors (Lipinski definition) is 4. The van der Waals surface area contributed by atoms with E-state index in [1.165, 1.54) is 24.4 Å². The molecule has 0 atom stereocenters. The van der Waals surface area contributed by atoms with Crippen LogP contribution in [0.3, 0.4) is 0 Å². The Morgan fingerprint density at radius 2 is 2.00 bits per heavy atom. The molecule has 4 heteroatoms. The highest BCUT2D eigenvalue weighted by molar-refractivity contribution is 7.09. The lowest BCUT2D eigenvalue weighted by atomic mass is 9.87. The van der Waals surface area contributed by atoms with Crippen LogP contribution in [-0.2, 0) is 0 Å². The molecule has 0 radical (unpaired) electrons. The average Bonchev–Trinajstić information content (AvgIpc) is 2.65. The van der Waals surface area contributed by atoms with Gasteiger partial charge in [0.15, 0.2) is 0 Å². The molecule has 0 bridgehead atoms. The van der Waals surface area contributed by atoms with Crippen LogP contribution in [0, 0.1) is 18.8 Å². The Labute approximate surface area is 95.7 Å². The van der Waals surface area contributed by atoms with E-state index in [9.17, 15) is 0 Å². The summed E-state index contributed by atoms with van der Waals surface area (Å²) in [5.74, 6) is 2.62. The van der Waals surface area contributed by atoms with Crippen molar-refractivity contribution in [3.05, 3.63) is 5.82 Å². The van der Waals surface area contributed by atoms with E-state index in [1.54, 1.807) is 0 Å². The van der Waals surface area contributed by atoms with Crippen molar-refractivity contribution in [1.82, 2.24) is 9.36 Å². The summed E-state index contributed by atoms with van der Waals surface area (Å²) in [5, 5.41) is 1.11. The number of piperidine rings is 1. The zero-order chi connectivity index (χ0) is 10.8. The molecule has 0 saturated carbocycles. The predicted molar refractivity (Wildman–Crippen MR) is 64.4 cm³/mol. The number of anilines is 1. The lowest BCUT2D eigenvalue weighted by molar-refractivity contribution is 0.311. The summed E-state index contributed by atoms with van der Waals surface area (Å²) in [6, 6.07) is 0. The van der Waals surface area contributed by atoms with Crippen LogP contribution in [0.4, 0.5) is 5.13 Å². The van der Waals surface area contributed by atoms with Crippen molar-refractivity contribution >= 4 is 16.7 Å². The third-order valence-corrected chi connectivity index (χ3v) is 4.14. The van der Waals surface area contributed by atoms with E-state index in [4.69, 9.17) is 0 Å². The summed E-state index contributed by atoms with van der Waals surface area (Å²) in [6.07, 6.45) is 2.60. The van der Waals surface area contributed by atoms with E-state index < -0.39 is 0 Å². The second kappa shape index (κ2) is 4.47. The van der Waals surface area contributed by atoms with Crippen LogP contribution in [-0.4, -0.2) is 22.4 Å². The van der Waals surface area contributed by atoms with Crippen molar-refractivity contribution in [3.8, 4) is 0 Å². The van der Waals surface area contributed by atoms with Crippen LogP contribution < -0.4 is 4.90 Å². The van der Waals surface area contributed by atoms with Crippen molar-refractivity contribution < 1.29 is 0 Å².